The summed E-state index contributed by atoms with van der Waals surface area (Å²) in [6.45, 7) is 6.01. The van der Waals surface area contributed by atoms with Crippen molar-refractivity contribution in [2.24, 2.45) is 5.92 Å². The van der Waals surface area contributed by atoms with Crippen LogP contribution < -0.4 is 5.32 Å². The maximum absolute atomic E-state index is 12.5. The first-order valence-corrected chi connectivity index (χ1v) is 8.86. The molecule has 6 nitrogen and oxygen atoms in total. The second-order valence-corrected chi connectivity index (χ2v) is 6.74. The predicted molar refractivity (Wildman–Crippen MR) is 102 cm³/mol. The summed E-state index contributed by atoms with van der Waals surface area (Å²) in [5, 5.41) is 32.3. The van der Waals surface area contributed by atoms with Crippen LogP contribution >= 0.6 is 0 Å². The van der Waals surface area contributed by atoms with Crippen LogP contribution in [0.2, 0.25) is 0 Å². The Bertz CT molecular complexity index is 804. The minimum atomic E-state index is -1.29. The molecule has 1 aliphatic rings. The van der Waals surface area contributed by atoms with E-state index < -0.39 is 29.6 Å². The van der Waals surface area contributed by atoms with E-state index in [1.807, 2.05) is 13.0 Å². The lowest BCUT2D eigenvalue weighted by Crippen LogP contribution is -2.35. The fourth-order valence-electron chi connectivity index (χ4n) is 2.79. The molecule has 1 fully saturated rings. The van der Waals surface area contributed by atoms with Crippen molar-refractivity contribution in [3.05, 3.63) is 65.0 Å². The second kappa shape index (κ2) is 8.68. The summed E-state index contributed by atoms with van der Waals surface area (Å²) < 4.78 is 0. The van der Waals surface area contributed by atoms with Crippen molar-refractivity contribution in [1.82, 2.24) is 5.32 Å². The zero-order chi connectivity index (χ0) is 20.1. The Kier molecular flexibility index (Phi) is 6.58. The third-order valence-electron chi connectivity index (χ3n) is 4.54. The van der Waals surface area contributed by atoms with Crippen molar-refractivity contribution in [1.29, 1.82) is 0 Å². The minimum Gasteiger partial charge on any atom is -0.508 e. The summed E-state index contributed by atoms with van der Waals surface area (Å²) in [6.07, 6.45) is 4.68. The first-order chi connectivity index (χ1) is 12.7. The first-order valence-electron chi connectivity index (χ1n) is 8.86. The van der Waals surface area contributed by atoms with E-state index in [0.717, 1.165) is 12.0 Å². The van der Waals surface area contributed by atoms with Gasteiger partial charge in [-0.3, -0.25) is 9.59 Å². The normalized spacial score (nSPS) is 22.1. The Morgan fingerprint density at radius 1 is 1.22 bits per heavy atom. The highest BCUT2D eigenvalue weighted by atomic mass is 16.3. The number of allylic oxidation sites excluding steroid dienone is 4. The molecule has 0 saturated carbocycles. The lowest BCUT2D eigenvalue weighted by atomic mass is 9.98. The van der Waals surface area contributed by atoms with Crippen LogP contribution in [0.15, 0.2) is 59.4 Å². The van der Waals surface area contributed by atoms with Gasteiger partial charge in [0, 0.05) is 0 Å². The highest BCUT2D eigenvalue weighted by Gasteiger charge is 2.42. The fourth-order valence-corrected chi connectivity index (χ4v) is 2.79. The zero-order valence-electron chi connectivity index (χ0n) is 15.6. The highest BCUT2D eigenvalue weighted by molar-refractivity contribution is 6.27. The molecule has 1 amide bonds. The number of ketones is 1. The zero-order valence-corrected chi connectivity index (χ0v) is 15.6. The van der Waals surface area contributed by atoms with Gasteiger partial charge in [0.2, 0.25) is 0 Å². The smallest absolute Gasteiger partial charge is 0.259 e. The number of carbonyl (C=O) groups is 2. The summed E-state index contributed by atoms with van der Waals surface area (Å²) in [5.41, 5.74) is 0.906. The molecule has 6 heteroatoms. The maximum Gasteiger partial charge on any atom is 0.259 e. The maximum atomic E-state index is 12.5. The quantitative estimate of drug-likeness (QED) is 0.266. The van der Waals surface area contributed by atoms with Gasteiger partial charge in [0.1, 0.15) is 29.2 Å². The van der Waals surface area contributed by atoms with E-state index >= 15 is 0 Å². The van der Waals surface area contributed by atoms with E-state index in [-0.39, 0.29) is 11.3 Å². The van der Waals surface area contributed by atoms with Crippen molar-refractivity contribution in [3.8, 4) is 5.75 Å². The van der Waals surface area contributed by atoms with Crippen LogP contribution in [-0.2, 0) is 9.59 Å². The number of phenolic OH excluding ortho intramolecular Hbond substituents is 1. The molecule has 0 unspecified atom stereocenters. The van der Waals surface area contributed by atoms with E-state index in [4.69, 9.17) is 0 Å². The Morgan fingerprint density at radius 2 is 1.85 bits per heavy atom. The van der Waals surface area contributed by atoms with Crippen molar-refractivity contribution in [3.63, 3.8) is 0 Å². The number of rotatable bonds is 6. The third kappa shape index (κ3) is 4.86. The molecule has 3 atom stereocenters. The van der Waals surface area contributed by atoms with E-state index in [1.165, 1.54) is 30.3 Å². The standard InChI is InChI=1S/C21H25NO5/c1-4-12(2)11-13(3)5-10-16(24)17-20(26)18(22-21(17)27)19(25)14-6-8-15(23)9-7-14/h5-12,18-19,23-25H,4H2,1-3H3,(H,22,27)/b10-5+,13-11+,17-16?/t12-,18+,19+/m1/s1. The molecule has 0 aromatic heterocycles. The average Bonchev–Trinajstić information content (AvgIpc) is 2.94. The van der Waals surface area contributed by atoms with Crippen molar-refractivity contribution in [2.45, 2.75) is 39.3 Å². The van der Waals surface area contributed by atoms with Gasteiger partial charge in [-0.15, -0.1) is 0 Å². The number of carbonyl (C=O) groups excluding carboxylic acids is 2. The Hall–Kier alpha value is -2.86. The molecular weight excluding hydrogens is 346 g/mol. The number of amides is 1. The van der Waals surface area contributed by atoms with Crippen molar-refractivity contribution >= 4 is 11.7 Å². The number of phenols is 1. The van der Waals surface area contributed by atoms with Gasteiger partial charge in [-0.1, -0.05) is 50.1 Å². The van der Waals surface area contributed by atoms with Gasteiger partial charge in [0.15, 0.2) is 5.78 Å². The lowest BCUT2D eigenvalue weighted by molar-refractivity contribution is -0.118. The lowest BCUT2D eigenvalue weighted by Gasteiger charge is -2.16. The van der Waals surface area contributed by atoms with Gasteiger partial charge < -0.3 is 20.6 Å². The number of benzene rings is 1. The first kappa shape index (κ1) is 20.5. The number of Topliss-reactive ketones (excluding diaryl/α,β-unsaturated/α-hetero) is 1. The number of nitrogens with one attached hydrogen (secondary N) is 1. The average molecular weight is 371 g/mol. The summed E-state index contributed by atoms with van der Waals surface area (Å²) in [5.74, 6) is -1.43. The van der Waals surface area contributed by atoms with E-state index in [9.17, 15) is 24.9 Å². The Balaban J connectivity index is 2.22. The van der Waals surface area contributed by atoms with Crippen LogP contribution in [0.1, 0.15) is 38.9 Å². The molecule has 1 aromatic rings. The van der Waals surface area contributed by atoms with Crippen LogP contribution in [0.3, 0.4) is 0 Å². The minimum absolute atomic E-state index is 0.0249. The van der Waals surface area contributed by atoms with Crippen LogP contribution in [-0.4, -0.2) is 33.1 Å². The molecule has 2 rings (SSSR count). The summed E-state index contributed by atoms with van der Waals surface area (Å²) >= 11 is 0. The molecule has 1 aromatic carbocycles. The number of aromatic hydroxyl groups is 1. The fraction of sp³-hybridized carbons (Fsp3) is 0.333. The van der Waals surface area contributed by atoms with E-state index in [2.05, 4.69) is 19.2 Å². The van der Waals surface area contributed by atoms with Gasteiger partial charge in [-0.25, -0.2) is 0 Å². The predicted octanol–water partition coefficient (Wildman–Crippen LogP) is 2.85. The monoisotopic (exact) mass is 371 g/mol. The van der Waals surface area contributed by atoms with Crippen LogP contribution in [0, 0.1) is 5.92 Å². The van der Waals surface area contributed by atoms with Crippen molar-refractivity contribution < 1.29 is 24.9 Å². The van der Waals surface area contributed by atoms with Crippen LogP contribution in [0.5, 0.6) is 5.75 Å². The summed E-state index contributed by atoms with van der Waals surface area (Å²) in [7, 11) is 0. The number of hydrogen-bond donors (Lipinski definition) is 4. The van der Waals surface area contributed by atoms with Crippen LogP contribution in [0.4, 0.5) is 0 Å². The molecule has 0 spiro atoms. The third-order valence-corrected chi connectivity index (χ3v) is 4.54. The molecular formula is C21H25NO5. The van der Waals surface area contributed by atoms with Crippen LogP contribution in [0.25, 0.3) is 0 Å². The molecule has 0 aliphatic carbocycles. The molecule has 1 saturated heterocycles. The van der Waals surface area contributed by atoms with E-state index in [1.54, 1.807) is 6.08 Å². The SMILES string of the molecule is CC[C@@H](C)/C=C(C)/C=C/C(O)=C1C(=O)N[C@@H]([C@@H](O)c2ccc(O)cc2)C1=O. The van der Waals surface area contributed by atoms with Gasteiger partial charge in [-0.05, 0) is 36.6 Å². The second-order valence-electron chi connectivity index (χ2n) is 6.74. The topological polar surface area (TPSA) is 107 Å². The molecule has 27 heavy (non-hydrogen) atoms. The highest BCUT2D eigenvalue weighted by Crippen LogP contribution is 2.26. The molecule has 144 valence electrons. The Labute approximate surface area is 158 Å². The largest absolute Gasteiger partial charge is 0.508 e. The van der Waals surface area contributed by atoms with Gasteiger partial charge >= 0.3 is 0 Å². The molecule has 0 radical (unpaired) electrons. The summed E-state index contributed by atoms with van der Waals surface area (Å²) in [4.78, 5) is 24.7. The number of hydrogen-bond acceptors (Lipinski definition) is 5. The van der Waals surface area contributed by atoms with E-state index in [0.29, 0.717) is 11.5 Å². The molecule has 1 heterocycles. The van der Waals surface area contributed by atoms with Gasteiger partial charge in [-0.2, -0.15) is 0 Å². The number of aliphatic hydroxyl groups is 2. The van der Waals surface area contributed by atoms with Crippen molar-refractivity contribution in [2.75, 3.05) is 0 Å². The molecule has 4 N–H and O–H groups in total. The molecule has 0 bridgehead atoms. The molecule has 1 aliphatic heterocycles. The summed E-state index contributed by atoms with van der Waals surface area (Å²) in [6, 6.07) is 4.49. The number of aliphatic hydroxyl groups excluding tert-OH is 2. The van der Waals surface area contributed by atoms with Gasteiger partial charge in [0.25, 0.3) is 5.91 Å². The van der Waals surface area contributed by atoms with Gasteiger partial charge in [0.05, 0.1) is 0 Å². The Morgan fingerprint density at radius 3 is 2.44 bits per heavy atom.